The molecule has 0 amide bonds. The molecule has 7 nitrogen and oxygen atoms in total. The van der Waals surface area contributed by atoms with Crippen molar-refractivity contribution in [1.82, 2.24) is 14.5 Å². The van der Waals surface area contributed by atoms with Gasteiger partial charge in [0, 0.05) is 35.6 Å². The van der Waals surface area contributed by atoms with Gasteiger partial charge < -0.3 is 25.6 Å². The molecule has 164 valence electrons. The van der Waals surface area contributed by atoms with Crippen LogP contribution in [-0.4, -0.2) is 45.1 Å². The predicted octanol–water partition coefficient (Wildman–Crippen LogP) is 4.43. The summed E-state index contributed by atoms with van der Waals surface area (Å²) in [5.41, 5.74) is 10.9. The quantitative estimate of drug-likeness (QED) is 0.391. The highest BCUT2D eigenvalue weighted by atomic mass is 32.2. The molecular formula is C24H26N6OS. The SMILES string of the molecule is CSc1ccccc1Nc1nc(N)nc2ccn(-c3ccc(N4CCC(O)CC4)cc3)c12. The van der Waals surface area contributed by atoms with Gasteiger partial charge in [-0.15, -0.1) is 11.8 Å². The van der Waals surface area contributed by atoms with Crippen LogP contribution in [0.1, 0.15) is 12.8 Å². The zero-order valence-electron chi connectivity index (χ0n) is 17.9. The molecule has 0 spiro atoms. The van der Waals surface area contributed by atoms with Crippen molar-refractivity contribution in [2.24, 2.45) is 0 Å². The first-order chi connectivity index (χ1) is 15.6. The van der Waals surface area contributed by atoms with Crippen LogP contribution < -0.4 is 16.0 Å². The van der Waals surface area contributed by atoms with Gasteiger partial charge in [0.2, 0.25) is 5.95 Å². The number of nitrogens with one attached hydrogen (secondary N) is 1. The number of nitrogens with zero attached hydrogens (tertiary/aromatic N) is 4. The molecule has 32 heavy (non-hydrogen) atoms. The van der Waals surface area contributed by atoms with Crippen LogP contribution >= 0.6 is 11.8 Å². The number of hydrogen-bond acceptors (Lipinski definition) is 7. The fraction of sp³-hybridized carbons (Fsp3) is 0.250. The van der Waals surface area contributed by atoms with Crippen LogP contribution in [-0.2, 0) is 0 Å². The molecule has 0 radical (unpaired) electrons. The molecule has 4 N–H and O–H groups in total. The highest BCUT2D eigenvalue weighted by molar-refractivity contribution is 7.98. The molecule has 2 aromatic heterocycles. The number of nitrogens with two attached hydrogens (primary N) is 1. The Hall–Kier alpha value is -3.23. The number of aliphatic hydroxyl groups excluding tert-OH is 1. The van der Waals surface area contributed by atoms with E-state index in [0.29, 0.717) is 5.82 Å². The van der Waals surface area contributed by atoms with Gasteiger partial charge in [-0.05, 0) is 61.6 Å². The van der Waals surface area contributed by atoms with E-state index in [2.05, 4.69) is 61.3 Å². The van der Waals surface area contributed by atoms with E-state index in [1.54, 1.807) is 11.8 Å². The summed E-state index contributed by atoms with van der Waals surface area (Å²) in [7, 11) is 0. The third-order valence-corrected chi connectivity index (χ3v) is 6.66. The van der Waals surface area contributed by atoms with Crippen molar-refractivity contribution in [3.63, 3.8) is 0 Å². The van der Waals surface area contributed by atoms with Crippen molar-refractivity contribution in [2.75, 3.05) is 35.3 Å². The highest BCUT2D eigenvalue weighted by Gasteiger charge is 2.18. The number of para-hydroxylation sites is 1. The van der Waals surface area contributed by atoms with E-state index in [9.17, 15) is 5.11 Å². The van der Waals surface area contributed by atoms with Crippen LogP contribution in [0, 0.1) is 0 Å². The summed E-state index contributed by atoms with van der Waals surface area (Å²) in [5.74, 6) is 0.912. The number of nitrogen functional groups attached to an aromatic ring is 1. The normalized spacial score (nSPS) is 14.8. The lowest BCUT2D eigenvalue weighted by Gasteiger charge is -2.31. The average molecular weight is 447 g/mol. The topological polar surface area (TPSA) is 92.2 Å². The number of fused-ring (bicyclic) bond motifs is 1. The summed E-state index contributed by atoms with van der Waals surface area (Å²) in [5, 5.41) is 13.2. The summed E-state index contributed by atoms with van der Waals surface area (Å²) in [6.07, 6.45) is 5.50. The van der Waals surface area contributed by atoms with Crippen LogP contribution in [0.2, 0.25) is 0 Å². The minimum Gasteiger partial charge on any atom is -0.393 e. The summed E-state index contributed by atoms with van der Waals surface area (Å²) in [6, 6.07) is 18.6. The van der Waals surface area contributed by atoms with E-state index in [0.717, 1.165) is 53.2 Å². The van der Waals surface area contributed by atoms with Crippen LogP contribution in [0.3, 0.4) is 0 Å². The van der Waals surface area contributed by atoms with Crippen molar-refractivity contribution in [1.29, 1.82) is 0 Å². The van der Waals surface area contributed by atoms with Gasteiger partial charge in [0.25, 0.3) is 0 Å². The summed E-state index contributed by atoms with van der Waals surface area (Å²) in [4.78, 5) is 12.4. The maximum Gasteiger partial charge on any atom is 0.222 e. The number of aromatic nitrogens is 3. The molecule has 2 aromatic carbocycles. The molecule has 0 bridgehead atoms. The molecule has 1 aliphatic rings. The molecule has 8 heteroatoms. The number of thioether (sulfide) groups is 1. The number of aliphatic hydroxyl groups is 1. The van der Waals surface area contributed by atoms with Crippen molar-refractivity contribution in [3.05, 3.63) is 60.8 Å². The Morgan fingerprint density at radius 1 is 1.00 bits per heavy atom. The second kappa shape index (κ2) is 8.72. The van der Waals surface area contributed by atoms with Gasteiger partial charge in [-0.2, -0.15) is 4.98 Å². The highest BCUT2D eigenvalue weighted by Crippen LogP contribution is 2.32. The molecule has 1 saturated heterocycles. The van der Waals surface area contributed by atoms with E-state index in [1.807, 2.05) is 30.5 Å². The van der Waals surface area contributed by atoms with Gasteiger partial charge in [0.05, 0.1) is 17.3 Å². The Kier molecular flexibility index (Phi) is 5.63. The Bertz CT molecular complexity index is 1230. The number of rotatable bonds is 5. The number of anilines is 4. The lowest BCUT2D eigenvalue weighted by atomic mass is 10.1. The third-order valence-electron chi connectivity index (χ3n) is 5.87. The van der Waals surface area contributed by atoms with Gasteiger partial charge in [-0.3, -0.25) is 0 Å². The van der Waals surface area contributed by atoms with Crippen LogP contribution in [0.4, 0.5) is 23.1 Å². The van der Waals surface area contributed by atoms with Gasteiger partial charge in [0.1, 0.15) is 5.52 Å². The lowest BCUT2D eigenvalue weighted by Crippen LogP contribution is -2.35. The molecule has 0 saturated carbocycles. The summed E-state index contributed by atoms with van der Waals surface area (Å²) >= 11 is 1.68. The van der Waals surface area contributed by atoms with Gasteiger partial charge >= 0.3 is 0 Å². The second-order valence-corrected chi connectivity index (χ2v) is 8.76. The Morgan fingerprint density at radius 3 is 2.47 bits per heavy atom. The third kappa shape index (κ3) is 3.99. The first kappa shape index (κ1) is 20.7. The molecule has 1 fully saturated rings. The fourth-order valence-electron chi connectivity index (χ4n) is 4.19. The maximum absolute atomic E-state index is 9.77. The van der Waals surface area contributed by atoms with Gasteiger partial charge in [-0.1, -0.05) is 12.1 Å². The zero-order valence-corrected chi connectivity index (χ0v) is 18.7. The molecule has 0 unspecified atom stereocenters. The molecule has 4 aromatic rings. The summed E-state index contributed by atoms with van der Waals surface area (Å²) in [6.45, 7) is 1.76. The maximum atomic E-state index is 9.77. The minimum atomic E-state index is -0.175. The van der Waals surface area contributed by atoms with E-state index < -0.39 is 0 Å². The largest absolute Gasteiger partial charge is 0.393 e. The minimum absolute atomic E-state index is 0.175. The average Bonchev–Trinajstić information content (AvgIpc) is 3.24. The first-order valence-corrected chi connectivity index (χ1v) is 11.9. The Balaban J connectivity index is 1.51. The van der Waals surface area contributed by atoms with E-state index >= 15 is 0 Å². The van der Waals surface area contributed by atoms with Crippen LogP contribution in [0.25, 0.3) is 16.7 Å². The van der Waals surface area contributed by atoms with Crippen molar-refractivity contribution in [3.8, 4) is 5.69 Å². The molecule has 0 atom stereocenters. The number of piperidine rings is 1. The smallest absolute Gasteiger partial charge is 0.222 e. The number of hydrogen-bond donors (Lipinski definition) is 3. The monoisotopic (exact) mass is 446 g/mol. The fourth-order valence-corrected chi connectivity index (χ4v) is 4.74. The Labute approximate surface area is 191 Å². The van der Waals surface area contributed by atoms with Crippen molar-refractivity contribution < 1.29 is 5.11 Å². The molecule has 1 aliphatic heterocycles. The Morgan fingerprint density at radius 2 is 1.72 bits per heavy atom. The number of benzene rings is 2. The van der Waals surface area contributed by atoms with Crippen LogP contribution in [0.5, 0.6) is 0 Å². The first-order valence-electron chi connectivity index (χ1n) is 10.7. The van der Waals surface area contributed by atoms with Crippen molar-refractivity contribution in [2.45, 2.75) is 23.8 Å². The molecular weight excluding hydrogens is 420 g/mol. The van der Waals surface area contributed by atoms with E-state index in [4.69, 9.17) is 5.73 Å². The lowest BCUT2D eigenvalue weighted by molar-refractivity contribution is 0.145. The van der Waals surface area contributed by atoms with Crippen LogP contribution in [0.15, 0.2) is 65.7 Å². The summed E-state index contributed by atoms with van der Waals surface area (Å²) < 4.78 is 2.09. The van der Waals surface area contributed by atoms with E-state index in [-0.39, 0.29) is 12.1 Å². The standard InChI is InChI=1S/C24H26N6OS/c1-32-21-5-3-2-4-19(21)26-23-22-20(27-24(25)28-23)12-15-30(22)17-8-6-16(7-9-17)29-13-10-18(31)11-14-29/h2-9,12,15,18,31H,10-11,13-14H2,1H3,(H3,25,26,27,28). The van der Waals surface area contributed by atoms with E-state index in [1.165, 1.54) is 5.69 Å². The molecule has 0 aliphatic carbocycles. The second-order valence-electron chi connectivity index (χ2n) is 7.91. The van der Waals surface area contributed by atoms with Crippen molar-refractivity contribution >= 4 is 45.9 Å². The molecule has 5 rings (SSSR count). The predicted molar refractivity (Wildman–Crippen MR) is 132 cm³/mol. The van der Waals surface area contributed by atoms with Gasteiger partial charge in [-0.25, -0.2) is 4.98 Å². The zero-order chi connectivity index (χ0) is 22.1. The molecule has 3 heterocycles. The van der Waals surface area contributed by atoms with Gasteiger partial charge in [0.15, 0.2) is 5.82 Å².